The van der Waals surface area contributed by atoms with Gasteiger partial charge in [0.05, 0.1) is 17.7 Å². The minimum absolute atomic E-state index is 0.0230. The molecule has 40 heavy (non-hydrogen) atoms. The smallest absolute Gasteiger partial charge is 0.257 e. The number of aromatic hydroxyl groups is 1. The van der Waals surface area contributed by atoms with Crippen molar-refractivity contribution in [2.75, 3.05) is 19.6 Å². The van der Waals surface area contributed by atoms with Gasteiger partial charge >= 0.3 is 0 Å². The zero-order chi connectivity index (χ0) is 28.6. The summed E-state index contributed by atoms with van der Waals surface area (Å²) in [4.78, 5) is 27.8. The SMILES string of the molecule is CCc1cccc(CNC[C@@H](O)[C@H](Cc2cc(F)cc(F)c2)NC(=O)c2ccc(O)c(C(=O)N3CCCC3)c2)c1. The number of aliphatic hydroxyl groups excluding tert-OH is 1. The van der Waals surface area contributed by atoms with Gasteiger partial charge < -0.3 is 25.7 Å². The Balaban J connectivity index is 1.49. The molecule has 3 aromatic carbocycles. The molecule has 0 aliphatic carbocycles. The number of hydrogen-bond donors (Lipinski definition) is 4. The summed E-state index contributed by atoms with van der Waals surface area (Å²) in [5.74, 6) is -2.68. The number of aryl methyl sites for hydroxylation is 1. The Bertz CT molecular complexity index is 1320. The predicted octanol–water partition coefficient (Wildman–Crippen LogP) is 3.96. The third kappa shape index (κ3) is 7.64. The van der Waals surface area contributed by atoms with E-state index < -0.39 is 29.7 Å². The summed E-state index contributed by atoms with van der Waals surface area (Å²) >= 11 is 0. The molecule has 4 rings (SSSR count). The lowest BCUT2D eigenvalue weighted by Gasteiger charge is -2.25. The van der Waals surface area contributed by atoms with Gasteiger partial charge in [-0.1, -0.05) is 31.2 Å². The molecule has 1 aliphatic heterocycles. The number of benzene rings is 3. The van der Waals surface area contributed by atoms with Crippen molar-refractivity contribution in [1.82, 2.24) is 15.5 Å². The molecule has 1 fully saturated rings. The van der Waals surface area contributed by atoms with Crippen molar-refractivity contribution in [1.29, 1.82) is 0 Å². The maximum absolute atomic E-state index is 13.9. The molecule has 0 radical (unpaired) electrons. The van der Waals surface area contributed by atoms with E-state index in [2.05, 4.69) is 23.6 Å². The molecule has 7 nitrogen and oxygen atoms in total. The Morgan fingerprint density at radius 1 is 0.950 bits per heavy atom. The monoisotopic (exact) mass is 551 g/mol. The fourth-order valence-corrected chi connectivity index (χ4v) is 4.92. The zero-order valence-electron chi connectivity index (χ0n) is 22.5. The van der Waals surface area contributed by atoms with Crippen LogP contribution >= 0.6 is 0 Å². The van der Waals surface area contributed by atoms with Crippen molar-refractivity contribution in [3.8, 4) is 5.75 Å². The van der Waals surface area contributed by atoms with Gasteiger partial charge in [0.1, 0.15) is 17.4 Å². The lowest BCUT2D eigenvalue weighted by atomic mass is 9.99. The summed E-state index contributed by atoms with van der Waals surface area (Å²) in [5, 5.41) is 27.3. The van der Waals surface area contributed by atoms with Crippen molar-refractivity contribution in [3.05, 3.63) is 100 Å². The van der Waals surface area contributed by atoms with Crippen LogP contribution in [0.25, 0.3) is 0 Å². The summed E-state index contributed by atoms with van der Waals surface area (Å²) in [6.45, 7) is 3.83. The third-order valence-corrected chi connectivity index (χ3v) is 7.12. The van der Waals surface area contributed by atoms with E-state index in [1.165, 1.54) is 23.8 Å². The Kier molecular flexibility index (Phi) is 9.84. The molecule has 212 valence electrons. The van der Waals surface area contributed by atoms with E-state index in [9.17, 15) is 28.6 Å². The molecule has 0 unspecified atom stereocenters. The Morgan fingerprint density at radius 2 is 1.65 bits per heavy atom. The average molecular weight is 552 g/mol. The quantitative estimate of drug-likeness (QED) is 0.289. The van der Waals surface area contributed by atoms with Gasteiger partial charge in [-0.15, -0.1) is 0 Å². The first-order chi connectivity index (χ1) is 19.2. The highest BCUT2D eigenvalue weighted by molar-refractivity contribution is 6.01. The van der Waals surface area contributed by atoms with Gasteiger partial charge in [0.25, 0.3) is 11.8 Å². The van der Waals surface area contributed by atoms with Gasteiger partial charge in [-0.25, -0.2) is 8.78 Å². The van der Waals surface area contributed by atoms with Crippen LogP contribution in [0.3, 0.4) is 0 Å². The Hall–Kier alpha value is -3.82. The van der Waals surface area contributed by atoms with Crippen LogP contribution in [0, 0.1) is 11.6 Å². The molecular formula is C31H35F2N3O4. The van der Waals surface area contributed by atoms with E-state index in [4.69, 9.17) is 0 Å². The van der Waals surface area contributed by atoms with Crippen LogP contribution in [-0.4, -0.2) is 58.7 Å². The van der Waals surface area contributed by atoms with E-state index in [1.54, 1.807) is 4.90 Å². The minimum Gasteiger partial charge on any atom is -0.507 e. The second kappa shape index (κ2) is 13.5. The van der Waals surface area contributed by atoms with Gasteiger partial charge in [0.15, 0.2) is 0 Å². The number of carbonyl (C=O) groups is 2. The van der Waals surface area contributed by atoms with Crippen molar-refractivity contribution < 1.29 is 28.6 Å². The van der Waals surface area contributed by atoms with Crippen LogP contribution in [-0.2, 0) is 19.4 Å². The normalized spacial score (nSPS) is 14.7. The van der Waals surface area contributed by atoms with Crippen LogP contribution in [0.15, 0.2) is 60.7 Å². The van der Waals surface area contributed by atoms with Crippen molar-refractivity contribution in [2.45, 2.75) is 51.3 Å². The largest absolute Gasteiger partial charge is 0.507 e. The van der Waals surface area contributed by atoms with Crippen LogP contribution in [0.5, 0.6) is 5.75 Å². The van der Waals surface area contributed by atoms with Crippen molar-refractivity contribution in [2.24, 2.45) is 0 Å². The van der Waals surface area contributed by atoms with Crippen LogP contribution in [0.2, 0.25) is 0 Å². The number of phenolic OH excluding ortho intramolecular Hbond substituents is 1. The number of halogens is 2. The lowest BCUT2D eigenvalue weighted by molar-refractivity contribution is 0.0789. The van der Waals surface area contributed by atoms with Crippen LogP contribution in [0.1, 0.15) is 57.2 Å². The first kappa shape index (κ1) is 29.2. The van der Waals surface area contributed by atoms with Gasteiger partial charge in [0.2, 0.25) is 0 Å². The van der Waals surface area contributed by atoms with Gasteiger partial charge in [-0.2, -0.15) is 0 Å². The number of hydrogen-bond acceptors (Lipinski definition) is 5. The van der Waals surface area contributed by atoms with E-state index in [-0.39, 0.29) is 41.3 Å². The molecule has 1 saturated heterocycles. The Labute approximate surface area is 232 Å². The number of amides is 2. The van der Waals surface area contributed by atoms with Crippen LogP contribution < -0.4 is 10.6 Å². The number of likely N-dealkylation sites (tertiary alicyclic amines) is 1. The molecule has 2 atom stereocenters. The molecule has 0 spiro atoms. The zero-order valence-corrected chi connectivity index (χ0v) is 22.5. The van der Waals surface area contributed by atoms with E-state index in [1.807, 2.05) is 18.2 Å². The van der Waals surface area contributed by atoms with Crippen LogP contribution in [0.4, 0.5) is 8.78 Å². The third-order valence-electron chi connectivity index (χ3n) is 7.12. The maximum atomic E-state index is 13.9. The highest BCUT2D eigenvalue weighted by atomic mass is 19.1. The number of carbonyl (C=O) groups excluding carboxylic acids is 2. The first-order valence-electron chi connectivity index (χ1n) is 13.6. The van der Waals surface area contributed by atoms with Gasteiger partial charge in [-0.3, -0.25) is 9.59 Å². The number of aliphatic hydroxyl groups is 1. The molecule has 2 amide bonds. The number of nitrogens with zero attached hydrogens (tertiary/aromatic N) is 1. The topological polar surface area (TPSA) is 102 Å². The number of nitrogens with one attached hydrogen (secondary N) is 2. The number of phenols is 1. The number of rotatable bonds is 11. The fraction of sp³-hybridized carbons (Fsp3) is 0.355. The van der Waals surface area contributed by atoms with E-state index >= 15 is 0 Å². The standard InChI is InChI=1S/C31H35F2N3O4/c1-2-20-6-5-7-21(12-20)18-34-19-29(38)27(15-22-13-24(32)17-25(33)14-22)35-30(39)23-8-9-28(37)26(16-23)31(40)36-10-3-4-11-36/h5-9,12-14,16-17,27,29,34,37-38H,2-4,10-11,15,18-19H2,1H3,(H,35,39)/t27-,29+/m0/s1. The molecular weight excluding hydrogens is 516 g/mol. The van der Waals surface area contributed by atoms with Gasteiger partial charge in [-0.05, 0) is 72.7 Å². The average Bonchev–Trinajstić information content (AvgIpc) is 3.47. The lowest BCUT2D eigenvalue weighted by Crippen LogP contribution is -2.48. The molecule has 0 saturated carbocycles. The first-order valence-corrected chi connectivity index (χ1v) is 13.6. The summed E-state index contributed by atoms with van der Waals surface area (Å²) < 4.78 is 27.8. The molecule has 4 N–H and O–H groups in total. The minimum atomic E-state index is -1.10. The second-order valence-electron chi connectivity index (χ2n) is 10.2. The molecule has 0 aromatic heterocycles. The summed E-state index contributed by atoms with van der Waals surface area (Å²) in [6, 6.07) is 14.2. The fourth-order valence-electron chi connectivity index (χ4n) is 4.92. The molecule has 0 bridgehead atoms. The molecule has 9 heteroatoms. The molecule has 1 heterocycles. The second-order valence-corrected chi connectivity index (χ2v) is 10.2. The maximum Gasteiger partial charge on any atom is 0.257 e. The van der Waals surface area contributed by atoms with E-state index in [0.29, 0.717) is 19.6 Å². The van der Waals surface area contributed by atoms with Crippen molar-refractivity contribution >= 4 is 11.8 Å². The predicted molar refractivity (Wildman–Crippen MR) is 148 cm³/mol. The van der Waals surface area contributed by atoms with E-state index in [0.717, 1.165) is 43.0 Å². The summed E-state index contributed by atoms with van der Waals surface area (Å²) in [6.07, 6.45) is 1.52. The van der Waals surface area contributed by atoms with Gasteiger partial charge in [0, 0.05) is 37.8 Å². The highest BCUT2D eigenvalue weighted by Crippen LogP contribution is 2.23. The molecule has 3 aromatic rings. The Morgan fingerprint density at radius 3 is 2.35 bits per heavy atom. The highest BCUT2D eigenvalue weighted by Gasteiger charge is 2.26. The van der Waals surface area contributed by atoms with Crippen molar-refractivity contribution in [3.63, 3.8) is 0 Å². The summed E-state index contributed by atoms with van der Waals surface area (Å²) in [5.41, 5.74) is 2.64. The summed E-state index contributed by atoms with van der Waals surface area (Å²) in [7, 11) is 0. The molecule has 1 aliphatic rings.